The Hall–Kier alpha value is -0.120. The quantitative estimate of drug-likeness (QED) is 0.601. The highest BCUT2D eigenvalue weighted by Gasteiger charge is 2.40. The summed E-state index contributed by atoms with van der Waals surface area (Å²) in [5.74, 6) is 0. The minimum Gasteiger partial charge on any atom is -0.374 e. The summed E-state index contributed by atoms with van der Waals surface area (Å²) in [6.45, 7) is 4.74. The van der Waals surface area contributed by atoms with Crippen molar-refractivity contribution in [2.24, 2.45) is 0 Å². The molecule has 0 saturated carbocycles. The molecule has 2 unspecified atom stereocenters. The lowest BCUT2D eigenvalue weighted by Gasteiger charge is -2.29. The Morgan fingerprint density at radius 1 is 1.45 bits per heavy atom. The van der Waals surface area contributed by atoms with E-state index in [2.05, 4.69) is 12.2 Å². The van der Waals surface area contributed by atoms with Crippen LogP contribution in [0.1, 0.15) is 19.8 Å². The van der Waals surface area contributed by atoms with E-state index in [0.29, 0.717) is 0 Å². The number of nitrogens with one attached hydrogen (secondary N) is 1. The number of rotatable bonds is 1. The summed E-state index contributed by atoms with van der Waals surface area (Å²) < 4.78 is 11.1. The Bertz CT molecular complexity index is 137. The first-order valence-electron chi connectivity index (χ1n) is 4.32. The van der Waals surface area contributed by atoms with Crippen molar-refractivity contribution in [1.29, 1.82) is 0 Å². The minimum absolute atomic E-state index is 0.198. The van der Waals surface area contributed by atoms with Crippen molar-refractivity contribution >= 4 is 0 Å². The maximum Gasteiger partial charge on any atom is 0.142 e. The molecule has 0 aromatic carbocycles. The normalized spacial score (nSPS) is 45.0. The molecule has 3 nitrogen and oxygen atoms in total. The van der Waals surface area contributed by atoms with Gasteiger partial charge in [0.2, 0.25) is 0 Å². The summed E-state index contributed by atoms with van der Waals surface area (Å²) in [5, 5.41) is 3.33. The van der Waals surface area contributed by atoms with Crippen LogP contribution in [0.15, 0.2) is 0 Å². The fraction of sp³-hybridized carbons (Fsp3) is 1.00. The van der Waals surface area contributed by atoms with Crippen molar-refractivity contribution in [3.05, 3.63) is 0 Å². The van der Waals surface area contributed by atoms with Gasteiger partial charge < -0.3 is 9.47 Å². The maximum absolute atomic E-state index is 5.59. The molecule has 0 amide bonds. The fourth-order valence-electron chi connectivity index (χ4n) is 1.83. The van der Waals surface area contributed by atoms with Gasteiger partial charge in [0, 0.05) is 13.2 Å². The lowest BCUT2D eigenvalue weighted by atomic mass is 10.1. The van der Waals surface area contributed by atoms with Gasteiger partial charge in [-0.25, -0.2) is 0 Å². The third-order valence-corrected chi connectivity index (χ3v) is 2.52. The molecule has 0 aromatic heterocycles. The van der Waals surface area contributed by atoms with Crippen molar-refractivity contribution in [2.45, 2.75) is 31.6 Å². The van der Waals surface area contributed by atoms with E-state index in [4.69, 9.17) is 9.47 Å². The Labute approximate surface area is 67.1 Å². The van der Waals surface area contributed by atoms with Crippen LogP contribution in [0.2, 0.25) is 0 Å². The van der Waals surface area contributed by atoms with E-state index in [1.54, 1.807) is 0 Å². The van der Waals surface area contributed by atoms with Gasteiger partial charge in [0.1, 0.15) is 5.72 Å². The molecule has 0 aromatic rings. The van der Waals surface area contributed by atoms with Gasteiger partial charge >= 0.3 is 0 Å². The second kappa shape index (κ2) is 2.73. The predicted molar refractivity (Wildman–Crippen MR) is 41.3 cm³/mol. The highest BCUT2D eigenvalue weighted by Crippen LogP contribution is 2.26. The van der Waals surface area contributed by atoms with Gasteiger partial charge in [-0.15, -0.1) is 0 Å². The molecule has 11 heavy (non-hydrogen) atoms. The van der Waals surface area contributed by atoms with Crippen LogP contribution in [-0.2, 0) is 9.47 Å². The zero-order valence-corrected chi connectivity index (χ0v) is 6.93. The zero-order valence-electron chi connectivity index (χ0n) is 6.93. The second-order valence-electron chi connectivity index (χ2n) is 3.38. The molecule has 2 aliphatic rings. The summed E-state index contributed by atoms with van der Waals surface area (Å²) in [5.41, 5.74) is -0.198. The Kier molecular flexibility index (Phi) is 1.87. The van der Waals surface area contributed by atoms with E-state index in [1.165, 1.54) is 6.42 Å². The standard InChI is InChI=1S/C8H15NO2/c1-8(9-4-6-11-8)7-3-2-5-10-7/h7,9H,2-6H2,1H3. The van der Waals surface area contributed by atoms with E-state index in [1.807, 2.05) is 0 Å². The van der Waals surface area contributed by atoms with E-state index in [-0.39, 0.29) is 11.8 Å². The Balaban J connectivity index is 2.00. The number of hydrogen-bond acceptors (Lipinski definition) is 3. The van der Waals surface area contributed by atoms with Gasteiger partial charge in [0.05, 0.1) is 12.7 Å². The molecule has 2 rings (SSSR count). The van der Waals surface area contributed by atoms with Crippen LogP contribution in [0, 0.1) is 0 Å². The van der Waals surface area contributed by atoms with Crippen LogP contribution in [0.3, 0.4) is 0 Å². The molecule has 2 atom stereocenters. The Morgan fingerprint density at radius 3 is 2.91 bits per heavy atom. The molecule has 0 aliphatic carbocycles. The maximum atomic E-state index is 5.59. The van der Waals surface area contributed by atoms with Crippen molar-refractivity contribution < 1.29 is 9.47 Å². The highest BCUT2D eigenvalue weighted by atomic mass is 16.6. The first kappa shape index (κ1) is 7.53. The minimum atomic E-state index is -0.198. The van der Waals surface area contributed by atoms with Crippen LogP contribution in [0.4, 0.5) is 0 Å². The number of ether oxygens (including phenoxy) is 2. The van der Waals surface area contributed by atoms with Gasteiger partial charge in [-0.05, 0) is 19.8 Å². The first-order valence-corrected chi connectivity index (χ1v) is 4.32. The van der Waals surface area contributed by atoms with Gasteiger partial charge in [-0.3, -0.25) is 5.32 Å². The SMILES string of the molecule is CC1(C2CCCO2)NCCO1. The lowest BCUT2D eigenvalue weighted by molar-refractivity contribution is -0.0975. The summed E-state index contributed by atoms with van der Waals surface area (Å²) in [6, 6.07) is 0. The third-order valence-electron chi connectivity index (χ3n) is 2.52. The molecular weight excluding hydrogens is 142 g/mol. The summed E-state index contributed by atoms with van der Waals surface area (Å²) in [4.78, 5) is 0. The average molecular weight is 157 g/mol. The fourth-order valence-corrected chi connectivity index (χ4v) is 1.83. The molecule has 64 valence electrons. The molecular formula is C8H15NO2. The van der Waals surface area contributed by atoms with Gasteiger partial charge in [0.15, 0.2) is 0 Å². The molecule has 2 fully saturated rings. The van der Waals surface area contributed by atoms with Crippen molar-refractivity contribution in [1.82, 2.24) is 5.32 Å². The topological polar surface area (TPSA) is 30.5 Å². The molecule has 3 heteroatoms. The van der Waals surface area contributed by atoms with E-state index < -0.39 is 0 Å². The Morgan fingerprint density at radius 2 is 2.36 bits per heavy atom. The molecule has 0 bridgehead atoms. The van der Waals surface area contributed by atoms with Crippen LogP contribution < -0.4 is 5.32 Å². The van der Waals surface area contributed by atoms with Crippen molar-refractivity contribution in [3.8, 4) is 0 Å². The first-order chi connectivity index (χ1) is 5.31. The molecule has 2 saturated heterocycles. The van der Waals surface area contributed by atoms with Gasteiger partial charge in [-0.2, -0.15) is 0 Å². The molecule has 2 aliphatic heterocycles. The van der Waals surface area contributed by atoms with E-state index in [0.717, 1.165) is 26.2 Å². The third kappa shape index (κ3) is 1.28. The van der Waals surface area contributed by atoms with Crippen LogP contribution in [0.25, 0.3) is 0 Å². The van der Waals surface area contributed by atoms with Gasteiger partial charge in [0.25, 0.3) is 0 Å². The van der Waals surface area contributed by atoms with Gasteiger partial charge in [-0.1, -0.05) is 0 Å². The highest BCUT2D eigenvalue weighted by molar-refractivity contribution is 4.88. The molecule has 0 radical (unpaired) electrons. The number of hydrogen-bond donors (Lipinski definition) is 1. The monoisotopic (exact) mass is 157 g/mol. The summed E-state index contributed by atoms with van der Waals surface area (Å²) in [6.07, 6.45) is 2.57. The van der Waals surface area contributed by atoms with E-state index in [9.17, 15) is 0 Å². The summed E-state index contributed by atoms with van der Waals surface area (Å²) >= 11 is 0. The van der Waals surface area contributed by atoms with Crippen LogP contribution >= 0.6 is 0 Å². The lowest BCUT2D eigenvalue weighted by Crippen LogP contribution is -2.48. The van der Waals surface area contributed by atoms with E-state index >= 15 is 0 Å². The summed E-state index contributed by atoms with van der Waals surface area (Å²) in [7, 11) is 0. The predicted octanol–water partition coefficient (Wildman–Crippen LogP) is 0.501. The largest absolute Gasteiger partial charge is 0.374 e. The average Bonchev–Trinajstić information content (AvgIpc) is 2.55. The van der Waals surface area contributed by atoms with Crippen LogP contribution in [0.5, 0.6) is 0 Å². The van der Waals surface area contributed by atoms with Crippen molar-refractivity contribution in [3.63, 3.8) is 0 Å². The second-order valence-corrected chi connectivity index (χ2v) is 3.38. The zero-order chi connectivity index (χ0) is 7.73. The smallest absolute Gasteiger partial charge is 0.142 e. The molecule has 0 spiro atoms. The molecule has 2 heterocycles. The van der Waals surface area contributed by atoms with Crippen LogP contribution in [-0.4, -0.2) is 31.6 Å². The van der Waals surface area contributed by atoms with Crippen molar-refractivity contribution in [2.75, 3.05) is 19.8 Å². The molecule has 1 N–H and O–H groups in total.